The van der Waals surface area contributed by atoms with Gasteiger partial charge in [0.05, 0.1) is 0 Å². The average Bonchev–Trinajstić information content (AvgIpc) is 2.51. The first-order valence-electron chi connectivity index (χ1n) is 8.75. The average molecular weight is 330 g/mol. The van der Waals surface area contributed by atoms with Gasteiger partial charge in [-0.25, -0.2) is 0 Å². The van der Waals surface area contributed by atoms with Crippen molar-refractivity contribution >= 4 is 25.2 Å². The van der Waals surface area contributed by atoms with Crippen molar-refractivity contribution < 1.29 is 18.6 Å². The summed E-state index contributed by atoms with van der Waals surface area (Å²) in [4.78, 5) is 0. The molecule has 24 heavy (non-hydrogen) atoms. The summed E-state index contributed by atoms with van der Waals surface area (Å²) in [6.07, 6.45) is 0. The lowest BCUT2D eigenvalue weighted by Crippen LogP contribution is -2.51. The molecule has 6 heteroatoms. The summed E-state index contributed by atoms with van der Waals surface area (Å²) in [5, 5.41) is 0. The molecule has 2 aliphatic rings. The first kappa shape index (κ1) is 18.0. The molecule has 0 aromatic heterocycles. The molecular formula is C18H28B2O4. The van der Waals surface area contributed by atoms with E-state index in [0.29, 0.717) is 26.4 Å². The van der Waals surface area contributed by atoms with Gasteiger partial charge in [-0.3, -0.25) is 0 Å². The predicted molar refractivity (Wildman–Crippen MR) is 98.1 cm³/mol. The predicted octanol–water partition coefficient (Wildman–Crippen LogP) is 1.84. The molecule has 130 valence electrons. The van der Waals surface area contributed by atoms with Crippen LogP contribution in [0.2, 0.25) is 0 Å². The molecule has 2 fully saturated rings. The molecule has 0 bridgehead atoms. The number of rotatable bonds is 2. The zero-order valence-electron chi connectivity index (χ0n) is 15.8. The Labute approximate surface area is 146 Å². The Balaban J connectivity index is 1.77. The minimum absolute atomic E-state index is 0.0793. The molecule has 1 aromatic carbocycles. The van der Waals surface area contributed by atoms with Crippen LogP contribution in [0.25, 0.3) is 0 Å². The van der Waals surface area contributed by atoms with Gasteiger partial charge >= 0.3 is 14.2 Å². The van der Waals surface area contributed by atoms with Gasteiger partial charge in [-0.1, -0.05) is 39.8 Å². The third kappa shape index (κ3) is 3.72. The van der Waals surface area contributed by atoms with Crippen LogP contribution in [0.5, 0.6) is 0 Å². The normalized spacial score (nSPS) is 23.4. The van der Waals surface area contributed by atoms with E-state index in [9.17, 15) is 0 Å². The van der Waals surface area contributed by atoms with Crippen LogP contribution in [0, 0.1) is 24.7 Å². The van der Waals surface area contributed by atoms with Gasteiger partial charge in [0.1, 0.15) is 0 Å². The summed E-state index contributed by atoms with van der Waals surface area (Å²) in [6.45, 7) is 15.7. The molecule has 0 aliphatic carbocycles. The number of benzene rings is 1. The van der Waals surface area contributed by atoms with Crippen molar-refractivity contribution in [2.24, 2.45) is 10.8 Å². The summed E-state index contributed by atoms with van der Waals surface area (Å²) >= 11 is 0. The summed E-state index contributed by atoms with van der Waals surface area (Å²) in [6, 6.07) is 4.18. The molecule has 0 radical (unpaired) electrons. The fraction of sp³-hybridized carbons (Fsp3) is 0.667. The molecule has 0 spiro atoms. The molecule has 0 atom stereocenters. The van der Waals surface area contributed by atoms with Gasteiger partial charge in [-0.2, -0.15) is 0 Å². The van der Waals surface area contributed by atoms with Crippen molar-refractivity contribution in [3.63, 3.8) is 0 Å². The quantitative estimate of drug-likeness (QED) is 0.776. The van der Waals surface area contributed by atoms with Crippen molar-refractivity contribution in [1.29, 1.82) is 0 Å². The van der Waals surface area contributed by atoms with Crippen LogP contribution in [0.1, 0.15) is 38.8 Å². The lowest BCUT2D eigenvalue weighted by atomic mass is 9.67. The first-order valence-corrected chi connectivity index (χ1v) is 8.75. The van der Waals surface area contributed by atoms with Crippen LogP contribution in [-0.4, -0.2) is 40.7 Å². The lowest BCUT2D eigenvalue weighted by Gasteiger charge is -2.35. The molecule has 2 aliphatic heterocycles. The third-order valence-electron chi connectivity index (χ3n) is 4.88. The number of hydrogen-bond donors (Lipinski definition) is 0. The van der Waals surface area contributed by atoms with E-state index < -0.39 is 0 Å². The Morgan fingerprint density at radius 1 is 0.667 bits per heavy atom. The van der Waals surface area contributed by atoms with E-state index in [2.05, 4.69) is 53.7 Å². The second-order valence-corrected chi connectivity index (χ2v) is 8.73. The van der Waals surface area contributed by atoms with Gasteiger partial charge in [0, 0.05) is 37.3 Å². The minimum Gasteiger partial charge on any atom is -0.407 e. The van der Waals surface area contributed by atoms with Gasteiger partial charge < -0.3 is 18.6 Å². The largest absolute Gasteiger partial charge is 0.494 e. The van der Waals surface area contributed by atoms with Crippen molar-refractivity contribution in [1.82, 2.24) is 0 Å². The van der Waals surface area contributed by atoms with E-state index in [0.717, 1.165) is 10.9 Å². The Morgan fingerprint density at radius 2 is 0.958 bits per heavy atom. The maximum absolute atomic E-state index is 5.94. The van der Waals surface area contributed by atoms with Crippen LogP contribution in [0.3, 0.4) is 0 Å². The number of hydrogen-bond acceptors (Lipinski definition) is 4. The third-order valence-corrected chi connectivity index (χ3v) is 4.88. The lowest BCUT2D eigenvalue weighted by molar-refractivity contribution is 0.0339. The molecule has 0 saturated carbocycles. The zero-order chi connectivity index (χ0) is 17.5. The SMILES string of the molecule is Cc1c(B2OCC(C)(C)CO2)ccc(B2OCC(C)(C)CO2)c1C. The summed E-state index contributed by atoms with van der Waals surface area (Å²) in [5.74, 6) is 0. The van der Waals surface area contributed by atoms with E-state index >= 15 is 0 Å². The van der Waals surface area contributed by atoms with Gasteiger partial charge in [0.25, 0.3) is 0 Å². The van der Waals surface area contributed by atoms with Crippen molar-refractivity contribution in [2.45, 2.75) is 41.5 Å². The molecule has 1 aromatic rings. The summed E-state index contributed by atoms with van der Waals surface area (Å²) in [7, 11) is -0.559. The Bertz CT molecular complexity index is 542. The smallest absolute Gasteiger partial charge is 0.407 e. The van der Waals surface area contributed by atoms with E-state index in [1.165, 1.54) is 11.1 Å². The highest BCUT2D eigenvalue weighted by Gasteiger charge is 2.37. The standard InChI is InChI=1S/C18H28B2O4/c1-13-14(2)16(20-23-11-18(5,6)12-24-20)8-7-15(13)19-21-9-17(3,4)10-22-19/h7-8H,9-12H2,1-6H3. The van der Waals surface area contributed by atoms with Crippen molar-refractivity contribution in [2.75, 3.05) is 26.4 Å². The monoisotopic (exact) mass is 330 g/mol. The first-order chi connectivity index (χ1) is 11.2. The Hall–Kier alpha value is -0.810. The Kier molecular flexibility index (Phi) is 4.86. The van der Waals surface area contributed by atoms with Gasteiger partial charge in [-0.05, 0) is 35.9 Å². The fourth-order valence-corrected chi connectivity index (χ4v) is 3.12. The molecule has 2 saturated heterocycles. The maximum atomic E-state index is 5.94. The van der Waals surface area contributed by atoms with Crippen LogP contribution in [-0.2, 0) is 18.6 Å². The van der Waals surface area contributed by atoms with Crippen molar-refractivity contribution in [3.05, 3.63) is 23.3 Å². The molecule has 0 amide bonds. The van der Waals surface area contributed by atoms with E-state index in [1.54, 1.807) is 0 Å². The molecular weight excluding hydrogens is 302 g/mol. The molecule has 0 N–H and O–H groups in total. The van der Waals surface area contributed by atoms with Crippen LogP contribution in [0.15, 0.2) is 12.1 Å². The maximum Gasteiger partial charge on any atom is 0.494 e. The Morgan fingerprint density at radius 3 is 1.25 bits per heavy atom. The van der Waals surface area contributed by atoms with Gasteiger partial charge in [0.15, 0.2) is 0 Å². The highest BCUT2D eigenvalue weighted by molar-refractivity contribution is 6.64. The fourth-order valence-electron chi connectivity index (χ4n) is 3.12. The molecule has 0 unspecified atom stereocenters. The second kappa shape index (κ2) is 6.49. The van der Waals surface area contributed by atoms with E-state index in [-0.39, 0.29) is 25.1 Å². The highest BCUT2D eigenvalue weighted by atomic mass is 16.6. The molecule has 2 heterocycles. The van der Waals surface area contributed by atoms with Gasteiger partial charge in [-0.15, -0.1) is 0 Å². The molecule has 4 nitrogen and oxygen atoms in total. The van der Waals surface area contributed by atoms with Gasteiger partial charge in [0.2, 0.25) is 0 Å². The van der Waals surface area contributed by atoms with Crippen LogP contribution >= 0.6 is 0 Å². The summed E-state index contributed by atoms with van der Waals surface area (Å²) < 4.78 is 23.8. The van der Waals surface area contributed by atoms with Crippen LogP contribution < -0.4 is 10.9 Å². The summed E-state index contributed by atoms with van der Waals surface area (Å²) in [5.41, 5.74) is 4.74. The second-order valence-electron chi connectivity index (χ2n) is 8.73. The van der Waals surface area contributed by atoms with Crippen molar-refractivity contribution in [3.8, 4) is 0 Å². The van der Waals surface area contributed by atoms with Crippen LogP contribution in [0.4, 0.5) is 0 Å². The van der Waals surface area contributed by atoms with E-state index in [1.807, 2.05) is 0 Å². The zero-order valence-corrected chi connectivity index (χ0v) is 15.8. The van der Waals surface area contributed by atoms with E-state index in [4.69, 9.17) is 18.6 Å². The minimum atomic E-state index is -0.280. The highest BCUT2D eigenvalue weighted by Crippen LogP contribution is 2.23. The molecule has 3 rings (SSSR count). The topological polar surface area (TPSA) is 36.9 Å².